The van der Waals surface area contributed by atoms with Gasteiger partial charge in [-0.25, -0.2) is 8.42 Å². The topological polar surface area (TPSA) is 93.7 Å². The summed E-state index contributed by atoms with van der Waals surface area (Å²) in [7, 11) is -1.14. The number of anilines is 1. The number of hydrogen-bond acceptors (Lipinski definition) is 5. The zero-order valence-corrected chi connectivity index (χ0v) is 21.3. The maximum absolute atomic E-state index is 13.5. The van der Waals surface area contributed by atoms with Crippen LogP contribution in [0.1, 0.15) is 30.5 Å². The summed E-state index contributed by atoms with van der Waals surface area (Å²) in [5.74, 6) is 0.269. The molecular formula is C27H32N2O5S. The van der Waals surface area contributed by atoms with E-state index in [0.717, 1.165) is 35.2 Å². The van der Waals surface area contributed by atoms with Gasteiger partial charge in [0.25, 0.3) is 0 Å². The highest BCUT2D eigenvalue weighted by Gasteiger charge is 2.28. The molecule has 3 aromatic rings. The summed E-state index contributed by atoms with van der Waals surface area (Å²) >= 11 is 0. The molecule has 2 N–H and O–H groups in total. The van der Waals surface area contributed by atoms with Crippen molar-refractivity contribution in [2.24, 2.45) is 0 Å². The van der Waals surface area contributed by atoms with Crippen LogP contribution < -0.4 is 19.5 Å². The highest BCUT2D eigenvalue weighted by atomic mass is 32.2. The fraction of sp³-hybridized carbons (Fsp3) is 0.296. The van der Waals surface area contributed by atoms with Crippen LogP contribution in [-0.2, 0) is 34.1 Å². The summed E-state index contributed by atoms with van der Waals surface area (Å²) in [6.07, 6.45) is 1.67. The zero-order valence-electron chi connectivity index (χ0n) is 20.5. The lowest BCUT2D eigenvalue weighted by Gasteiger charge is -2.21. The molecule has 1 amide bonds. The number of benzene rings is 3. The van der Waals surface area contributed by atoms with Crippen LogP contribution in [0.25, 0.3) is 0 Å². The molecule has 3 rings (SSSR count). The van der Waals surface area contributed by atoms with Crippen LogP contribution in [0.5, 0.6) is 11.5 Å². The molecule has 0 saturated carbocycles. The van der Waals surface area contributed by atoms with Crippen molar-refractivity contribution in [3.05, 3.63) is 83.4 Å². The van der Waals surface area contributed by atoms with Crippen LogP contribution in [0, 0.1) is 0 Å². The SMILES string of the molecule is CCc1cccc(CC)c1NC(=O)[C@@H](Cc1ccccc1)NS(=O)(=O)c1ccc(OC)c(OC)c1. The van der Waals surface area contributed by atoms with Crippen molar-refractivity contribution in [2.45, 2.75) is 44.0 Å². The van der Waals surface area contributed by atoms with Gasteiger partial charge in [0, 0.05) is 11.8 Å². The first kappa shape index (κ1) is 26.2. The van der Waals surface area contributed by atoms with Crippen molar-refractivity contribution >= 4 is 21.6 Å². The summed E-state index contributed by atoms with van der Waals surface area (Å²) in [5, 5.41) is 3.01. The van der Waals surface area contributed by atoms with E-state index in [2.05, 4.69) is 10.0 Å². The Balaban J connectivity index is 1.95. The molecule has 1 atom stereocenters. The first-order valence-corrected chi connectivity index (χ1v) is 13.0. The fourth-order valence-electron chi connectivity index (χ4n) is 3.89. The molecule has 3 aromatic carbocycles. The summed E-state index contributed by atoms with van der Waals surface area (Å²) in [5.41, 5.74) is 3.57. The van der Waals surface area contributed by atoms with Gasteiger partial charge in [-0.2, -0.15) is 4.72 Å². The van der Waals surface area contributed by atoms with Gasteiger partial charge in [0.2, 0.25) is 15.9 Å². The highest BCUT2D eigenvalue weighted by Crippen LogP contribution is 2.29. The number of ether oxygens (including phenoxy) is 2. The Morgan fingerprint density at radius 1 is 0.857 bits per heavy atom. The third-order valence-electron chi connectivity index (χ3n) is 5.81. The van der Waals surface area contributed by atoms with Crippen LogP contribution in [-0.4, -0.2) is 34.6 Å². The van der Waals surface area contributed by atoms with E-state index in [-0.39, 0.29) is 17.1 Å². The highest BCUT2D eigenvalue weighted by molar-refractivity contribution is 7.89. The Morgan fingerprint density at radius 3 is 2.06 bits per heavy atom. The molecule has 0 aliphatic heterocycles. The molecule has 0 bridgehead atoms. The first-order chi connectivity index (χ1) is 16.8. The molecule has 8 heteroatoms. The largest absolute Gasteiger partial charge is 0.493 e. The van der Waals surface area contributed by atoms with Crippen LogP contribution in [0.3, 0.4) is 0 Å². The lowest BCUT2D eigenvalue weighted by molar-refractivity contribution is -0.117. The second kappa shape index (κ2) is 11.9. The molecule has 7 nitrogen and oxygen atoms in total. The van der Waals surface area contributed by atoms with Gasteiger partial charge < -0.3 is 14.8 Å². The Morgan fingerprint density at radius 2 is 1.49 bits per heavy atom. The number of methoxy groups -OCH3 is 2. The van der Waals surface area contributed by atoms with Gasteiger partial charge >= 0.3 is 0 Å². The number of carbonyl (C=O) groups excluding carboxylic acids is 1. The first-order valence-electron chi connectivity index (χ1n) is 11.5. The second-order valence-electron chi connectivity index (χ2n) is 8.03. The average molecular weight is 497 g/mol. The number of carbonyl (C=O) groups is 1. The van der Waals surface area contributed by atoms with Crippen LogP contribution in [0.4, 0.5) is 5.69 Å². The predicted molar refractivity (Wildman–Crippen MR) is 138 cm³/mol. The van der Waals surface area contributed by atoms with Gasteiger partial charge in [-0.15, -0.1) is 0 Å². The third kappa shape index (κ3) is 6.41. The summed E-state index contributed by atoms with van der Waals surface area (Å²) in [6.45, 7) is 4.04. The van der Waals surface area contributed by atoms with E-state index in [9.17, 15) is 13.2 Å². The predicted octanol–water partition coefficient (Wildman–Crippen LogP) is 4.36. The number of para-hydroxylation sites is 1. The Kier molecular flexibility index (Phi) is 8.89. The van der Waals surface area contributed by atoms with Crippen molar-refractivity contribution in [2.75, 3.05) is 19.5 Å². The van der Waals surface area contributed by atoms with Gasteiger partial charge in [0.05, 0.1) is 19.1 Å². The van der Waals surface area contributed by atoms with E-state index in [0.29, 0.717) is 5.75 Å². The minimum atomic E-state index is -4.05. The van der Waals surface area contributed by atoms with E-state index in [4.69, 9.17) is 9.47 Å². The molecule has 0 aromatic heterocycles. The van der Waals surface area contributed by atoms with Gasteiger partial charge in [0.15, 0.2) is 11.5 Å². The zero-order chi connectivity index (χ0) is 25.4. The molecular weight excluding hydrogens is 464 g/mol. The second-order valence-corrected chi connectivity index (χ2v) is 9.74. The molecule has 35 heavy (non-hydrogen) atoms. The minimum absolute atomic E-state index is 0.0239. The van der Waals surface area contributed by atoms with E-state index in [1.54, 1.807) is 0 Å². The number of hydrogen-bond donors (Lipinski definition) is 2. The number of nitrogens with one attached hydrogen (secondary N) is 2. The monoisotopic (exact) mass is 496 g/mol. The molecule has 0 aliphatic carbocycles. The van der Waals surface area contributed by atoms with Crippen molar-refractivity contribution < 1.29 is 22.7 Å². The van der Waals surface area contributed by atoms with Crippen molar-refractivity contribution in [3.63, 3.8) is 0 Å². The van der Waals surface area contributed by atoms with Crippen LogP contribution >= 0.6 is 0 Å². The van der Waals surface area contributed by atoms with Gasteiger partial charge in [-0.3, -0.25) is 4.79 Å². The van der Waals surface area contributed by atoms with E-state index < -0.39 is 22.0 Å². The number of aryl methyl sites for hydroxylation is 2. The minimum Gasteiger partial charge on any atom is -0.493 e. The molecule has 0 heterocycles. The Bertz CT molecular complexity index is 1240. The van der Waals surface area contributed by atoms with Crippen LogP contribution in [0.2, 0.25) is 0 Å². The average Bonchev–Trinajstić information content (AvgIpc) is 2.88. The molecule has 0 spiro atoms. The summed E-state index contributed by atoms with van der Waals surface area (Å²) < 4.78 is 39.7. The maximum Gasteiger partial charge on any atom is 0.242 e. The third-order valence-corrected chi connectivity index (χ3v) is 7.28. The van der Waals surface area contributed by atoms with Crippen molar-refractivity contribution in [1.82, 2.24) is 4.72 Å². The van der Waals surface area contributed by atoms with Crippen molar-refractivity contribution in [1.29, 1.82) is 0 Å². The molecule has 186 valence electrons. The normalized spacial score (nSPS) is 12.1. The van der Waals surface area contributed by atoms with E-state index >= 15 is 0 Å². The quantitative estimate of drug-likeness (QED) is 0.412. The Hall–Kier alpha value is -3.36. The number of rotatable bonds is 11. The molecule has 0 saturated heterocycles. The summed E-state index contributed by atoms with van der Waals surface area (Å²) in [4.78, 5) is 13.5. The molecule has 0 aliphatic rings. The molecule has 0 unspecified atom stereocenters. The fourth-order valence-corrected chi connectivity index (χ4v) is 5.10. The van der Waals surface area contributed by atoms with E-state index in [1.807, 2.05) is 62.4 Å². The molecule has 0 fully saturated rings. The van der Waals surface area contributed by atoms with Crippen LogP contribution in [0.15, 0.2) is 71.6 Å². The lowest BCUT2D eigenvalue weighted by atomic mass is 10.0. The smallest absolute Gasteiger partial charge is 0.242 e. The standard InChI is InChI=1S/C27H32N2O5S/c1-5-20-13-10-14-21(6-2)26(20)28-27(30)23(17-19-11-8-7-9-12-19)29-35(31,32)22-15-16-24(33-3)25(18-22)34-4/h7-16,18,23,29H,5-6,17H2,1-4H3,(H,28,30)/t23-/m1/s1. The lowest BCUT2D eigenvalue weighted by Crippen LogP contribution is -2.45. The van der Waals surface area contributed by atoms with Crippen molar-refractivity contribution in [3.8, 4) is 11.5 Å². The Labute approximate surface area is 207 Å². The van der Waals surface area contributed by atoms with E-state index in [1.165, 1.54) is 32.4 Å². The summed E-state index contributed by atoms with van der Waals surface area (Å²) in [6, 6.07) is 18.5. The number of amides is 1. The van der Waals surface area contributed by atoms with Gasteiger partial charge in [-0.05, 0) is 48.1 Å². The maximum atomic E-state index is 13.5. The van der Waals surface area contributed by atoms with Gasteiger partial charge in [0.1, 0.15) is 6.04 Å². The molecule has 0 radical (unpaired) electrons. The van der Waals surface area contributed by atoms with Gasteiger partial charge in [-0.1, -0.05) is 62.4 Å². The number of sulfonamides is 1.